The molecule has 0 bridgehead atoms. The van der Waals surface area contributed by atoms with E-state index in [1.54, 1.807) is 0 Å². The Kier molecular flexibility index (Phi) is 2.88. The lowest BCUT2D eigenvalue weighted by Gasteiger charge is -2.20. The van der Waals surface area contributed by atoms with Gasteiger partial charge >= 0.3 is 6.18 Å². The summed E-state index contributed by atoms with van der Waals surface area (Å²) in [5, 5.41) is 0. The molecule has 0 aromatic heterocycles. The van der Waals surface area contributed by atoms with Gasteiger partial charge in [-0.1, -0.05) is 11.6 Å². The van der Waals surface area contributed by atoms with Gasteiger partial charge in [-0.3, -0.25) is 9.59 Å². The van der Waals surface area contributed by atoms with Crippen LogP contribution in [0.25, 0.3) is 0 Å². The molecule has 0 atom stereocenters. The summed E-state index contributed by atoms with van der Waals surface area (Å²) in [5.74, 6) is -1.18. The second kappa shape index (κ2) is 4.12. The first kappa shape index (κ1) is 12.6. The number of carbonyl (C=O) groups excluding carboxylic acids is 2. The number of nitrogens with zero attached hydrogens (tertiary/aromatic N) is 1. The molecule has 2 amide bonds. The van der Waals surface area contributed by atoms with Crippen LogP contribution >= 0.6 is 0 Å². The molecule has 1 saturated heterocycles. The van der Waals surface area contributed by atoms with Gasteiger partial charge in [-0.15, -0.1) is 0 Å². The molecular formula is C12H10F3NO2. The maximum Gasteiger partial charge on any atom is 0.418 e. The third-order valence-corrected chi connectivity index (χ3v) is 2.75. The molecule has 1 heterocycles. The molecule has 2 rings (SSSR count). The monoisotopic (exact) mass is 257 g/mol. The number of hydrogen-bond acceptors (Lipinski definition) is 2. The average Bonchev–Trinajstić information content (AvgIpc) is 2.58. The van der Waals surface area contributed by atoms with Crippen LogP contribution in [0.5, 0.6) is 0 Å². The molecule has 1 aromatic rings. The first-order valence-corrected chi connectivity index (χ1v) is 5.34. The molecule has 1 aliphatic rings. The summed E-state index contributed by atoms with van der Waals surface area (Å²) in [6, 6.07) is 3.55. The number of alkyl halides is 3. The highest BCUT2D eigenvalue weighted by molar-refractivity contribution is 6.20. The van der Waals surface area contributed by atoms with Gasteiger partial charge in [0.25, 0.3) is 0 Å². The normalized spacial score (nSPS) is 16.6. The standard InChI is InChI=1S/C12H10F3NO2/c1-7-2-3-9(8(6-7)12(13,14)15)16-10(17)4-5-11(16)18/h2-3,6H,4-5H2,1H3. The van der Waals surface area contributed by atoms with E-state index in [0.717, 1.165) is 6.07 Å². The van der Waals surface area contributed by atoms with Gasteiger partial charge in [0.2, 0.25) is 11.8 Å². The number of benzene rings is 1. The number of carbonyl (C=O) groups is 2. The lowest BCUT2D eigenvalue weighted by atomic mass is 10.1. The maximum absolute atomic E-state index is 12.9. The largest absolute Gasteiger partial charge is 0.418 e. The van der Waals surface area contributed by atoms with Crippen LogP contribution in [0.3, 0.4) is 0 Å². The summed E-state index contributed by atoms with van der Waals surface area (Å²) in [6.45, 7) is 1.52. The van der Waals surface area contributed by atoms with E-state index in [0.29, 0.717) is 10.5 Å². The van der Waals surface area contributed by atoms with Gasteiger partial charge in [0.15, 0.2) is 0 Å². The van der Waals surface area contributed by atoms with Crippen molar-refractivity contribution in [2.24, 2.45) is 0 Å². The Labute approximate surface area is 101 Å². The minimum Gasteiger partial charge on any atom is -0.274 e. The van der Waals surface area contributed by atoms with E-state index >= 15 is 0 Å². The van der Waals surface area contributed by atoms with Gasteiger partial charge in [-0.2, -0.15) is 13.2 Å². The zero-order chi connectivity index (χ0) is 13.5. The Bertz CT molecular complexity index is 507. The zero-order valence-corrected chi connectivity index (χ0v) is 9.54. The number of amides is 2. The van der Waals surface area contributed by atoms with Gasteiger partial charge in [0.05, 0.1) is 11.3 Å². The number of imide groups is 1. The SMILES string of the molecule is Cc1ccc(N2C(=O)CCC2=O)c(C(F)(F)F)c1. The molecule has 0 saturated carbocycles. The first-order valence-electron chi connectivity index (χ1n) is 5.34. The van der Waals surface area contributed by atoms with Crippen LogP contribution in [-0.2, 0) is 15.8 Å². The predicted molar refractivity (Wildman–Crippen MR) is 57.9 cm³/mol. The third kappa shape index (κ3) is 2.10. The highest BCUT2D eigenvalue weighted by atomic mass is 19.4. The average molecular weight is 257 g/mol. The zero-order valence-electron chi connectivity index (χ0n) is 9.54. The van der Waals surface area contributed by atoms with Crippen LogP contribution in [0.4, 0.5) is 18.9 Å². The summed E-state index contributed by atoms with van der Waals surface area (Å²) < 4.78 is 38.7. The highest BCUT2D eigenvalue weighted by Gasteiger charge is 2.39. The molecular weight excluding hydrogens is 247 g/mol. The number of aryl methyl sites for hydroxylation is 1. The Morgan fingerprint density at radius 2 is 1.67 bits per heavy atom. The summed E-state index contributed by atoms with van der Waals surface area (Å²) >= 11 is 0. The molecule has 0 radical (unpaired) electrons. The molecule has 0 aliphatic carbocycles. The molecule has 3 nitrogen and oxygen atoms in total. The summed E-state index contributed by atoms with van der Waals surface area (Å²) in [4.78, 5) is 23.6. The van der Waals surface area contributed by atoms with E-state index in [-0.39, 0.29) is 18.5 Å². The van der Waals surface area contributed by atoms with Crippen LogP contribution in [-0.4, -0.2) is 11.8 Å². The minimum absolute atomic E-state index is 0.0377. The van der Waals surface area contributed by atoms with Crippen LogP contribution in [0.1, 0.15) is 24.0 Å². The predicted octanol–water partition coefficient (Wildman–Crippen LogP) is 2.67. The van der Waals surface area contributed by atoms with Gasteiger partial charge < -0.3 is 0 Å². The van der Waals surface area contributed by atoms with Crippen molar-refractivity contribution in [2.45, 2.75) is 25.9 Å². The topological polar surface area (TPSA) is 37.4 Å². The van der Waals surface area contributed by atoms with Gasteiger partial charge in [0, 0.05) is 12.8 Å². The van der Waals surface area contributed by atoms with Crippen molar-refractivity contribution in [1.82, 2.24) is 0 Å². The van der Waals surface area contributed by atoms with Gasteiger partial charge in [-0.25, -0.2) is 4.90 Å². The summed E-state index contributed by atoms with van der Waals surface area (Å²) in [7, 11) is 0. The molecule has 0 N–H and O–H groups in total. The molecule has 18 heavy (non-hydrogen) atoms. The molecule has 1 aliphatic heterocycles. The fourth-order valence-corrected chi connectivity index (χ4v) is 1.92. The van der Waals surface area contributed by atoms with Crippen molar-refractivity contribution >= 4 is 17.5 Å². The van der Waals surface area contributed by atoms with Gasteiger partial charge in [0.1, 0.15) is 0 Å². The first-order chi connectivity index (χ1) is 8.30. The fourth-order valence-electron chi connectivity index (χ4n) is 1.92. The van der Waals surface area contributed by atoms with E-state index in [1.807, 2.05) is 0 Å². The van der Waals surface area contributed by atoms with E-state index in [1.165, 1.54) is 19.1 Å². The summed E-state index contributed by atoms with van der Waals surface area (Å²) in [5.41, 5.74) is -0.906. The van der Waals surface area contributed by atoms with Crippen molar-refractivity contribution in [2.75, 3.05) is 4.90 Å². The van der Waals surface area contributed by atoms with Crippen LogP contribution < -0.4 is 4.90 Å². The second-order valence-electron chi connectivity index (χ2n) is 4.14. The number of halogens is 3. The van der Waals surface area contributed by atoms with Gasteiger partial charge in [-0.05, 0) is 19.1 Å². The Morgan fingerprint density at radius 3 is 2.17 bits per heavy atom. The Hall–Kier alpha value is -1.85. The van der Waals surface area contributed by atoms with Crippen molar-refractivity contribution in [3.63, 3.8) is 0 Å². The van der Waals surface area contributed by atoms with E-state index in [9.17, 15) is 22.8 Å². The summed E-state index contributed by atoms with van der Waals surface area (Å²) in [6.07, 6.45) is -4.67. The van der Waals surface area contributed by atoms with Crippen molar-refractivity contribution in [3.8, 4) is 0 Å². The molecule has 96 valence electrons. The smallest absolute Gasteiger partial charge is 0.274 e. The molecule has 0 unspecified atom stereocenters. The number of hydrogen-bond donors (Lipinski definition) is 0. The van der Waals surface area contributed by atoms with E-state index in [4.69, 9.17) is 0 Å². The second-order valence-corrected chi connectivity index (χ2v) is 4.14. The Balaban J connectivity index is 2.57. The van der Waals surface area contributed by atoms with Crippen molar-refractivity contribution in [3.05, 3.63) is 29.3 Å². The fraction of sp³-hybridized carbons (Fsp3) is 0.333. The quantitative estimate of drug-likeness (QED) is 0.725. The number of anilines is 1. The number of rotatable bonds is 1. The highest BCUT2D eigenvalue weighted by Crippen LogP contribution is 2.38. The molecule has 6 heteroatoms. The third-order valence-electron chi connectivity index (χ3n) is 2.75. The van der Waals surface area contributed by atoms with Crippen molar-refractivity contribution < 1.29 is 22.8 Å². The van der Waals surface area contributed by atoms with E-state index in [2.05, 4.69) is 0 Å². The van der Waals surface area contributed by atoms with Crippen molar-refractivity contribution in [1.29, 1.82) is 0 Å². The molecule has 1 fully saturated rings. The maximum atomic E-state index is 12.9. The lowest BCUT2D eigenvalue weighted by molar-refractivity contribution is -0.137. The Morgan fingerprint density at radius 1 is 1.11 bits per heavy atom. The van der Waals surface area contributed by atoms with Crippen LogP contribution in [0, 0.1) is 6.92 Å². The molecule has 1 aromatic carbocycles. The minimum atomic E-state index is -4.59. The van der Waals surface area contributed by atoms with E-state index < -0.39 is 23.6 Å². The molecule has 0 spiro atoms. The van der Waals surface area contributed by atoms with Crippen LogP contribution in [0.2, 0.25) is 0 Å². The van der Waals surface area contributed by atoms with Crippen LogP contribution in [0.15, 0.2) is 18.2 Å². The lowest BCUT2D eigenvalue weighted by Crippen LogP contribution is -2.30.